The molecule has 1 aromatic heterocycles. The van der Waals surface area contributed by atoms with Crippen LogP contribution in [0.2, 0.25) is 0 Å². The first-order chi connectivity index (χ1) is 11.7. The van der Waals surface area contributed by atoms with Crippen molar-refractivity contribution in [2.45, 2.75) is 13.0 Å². The van der Waals surface area contributed by atoms with E-state index in [0.717, 1.165) is 18.5 Å². The van der Waals surface area contributed by atoms with Gasteiger partial charge in [0.05, 0.1) is 0 Å². The lowest BCUT2D eigenvalue weighted by molar-refractivity contribution is 0.0735. The van der Waals surface area contributed by atoms with Crippen molar-refractivity contribution in [3.8, 4) is 11.4 Å². The number of carbonyl (C=O) groups excluding carboxylic acids is 1. The minimum absolute atomic E-state index is 0.0430. The fraction of sp³-hybridized carbons (Fsp3) is 0.222. The SMILES string of the molecule is Cn1nnnc1-c1cccc(C(=O)N2CCc3ccccc3C2)c1. The summed E-state index contributed by atoms with van der Waals surface area (Å²) in [4.78, 5) is 14.8. The van der Waals surface area contributed by atoms with Crippen LogP contribution in [-0.2, 0) is 20.0 Å². The summed E-state index contributed by atoms with van der Waals surface area (Å²) < 4.78 is 1.60. The number of hydrogen-bond acceptors (Lipinski definition) is 4. The zero-order valence-corrected chi connectivity index (χ0v) is 13.4. The Morgan fingerprint density at radius 3 is 2.71 bits per heavy atom. The Labute approximate surface area is 139 Å². The fourth-order valence-corrected chi connectivity index (χ4v) is 3.12. The van der Waals surface area contributed by atoms with E-state index >= 15 is 0 Å². The average molecular weight is 319 g/mol. The summed E-state index contributed by atoms with van der Waals surface area (Å²) in [7, 11) is 1.78. The molecule has 0 atom stereocenters. The Hall–Kier alpha value is -3.02. The number of nitrogens with zero attached hydrogens (tertiary/aromatic N) is 5. The second kappa shape index (κ2) is 5.88. The Morgan fingerprint density at radius 2 is 1.92 bits per heavy atom. The van der Waals surface area contributed by atoms with Crippen LogP contribution in [0.25, 0.3) is 11.4 Å². The Kier molecular flexibility index (Phi) is 3.57. The van der Waals surface area contributed by atoms with Crippen molar-refractivity contribution in [1.29, 1.82) is 0 Å². The molecule has 0 bridgehead atoms. The van der Waals surface area contributed by atoms with Crippen molar-refractivity contribution in [3.63, 3.8) is 0 Å². The van der Waals surface area contributed by atoms with E-state index in [2.05, 4.69) is 33.7 Å². The maximum atomic E-state index is 12.9. The molecule has 6 heteroatoms. The number of amides is 1. The van der Waals surface area contributed by atoms with E-state index in [1.54, 1.807) is 11.7 Å². The highest BCUT2D eigenvalue weighted by molar-refractivity contribution is 5.95. The van der Waals surface area contributed by atoms with Crippen LogP contribution in [0, 0.1) is 0 Å². The highest BCUT2D eigenvalue weighted by Crippen LogP contribution is 2.22. The molecule has 1 aliphatic rings. The monoisotopic (exact) mass is 319 g/mol. The molecule has 0 saturated heterocycles. The summed E-state index contributed by atoms with van der Waals surface area (Å²) >= 11 is 0. The van der Waals surface area contributed by atoms with Gasteiger partial charge in [-0.1, -0.05) is 36.4 Å². The van der Waals surface area contributed by atoms with Gasteiger partial charge in [0.15, 0.2) is 5.82 Å². The zero-order valence-electron chi connectivity index (χ0n) is 13.4. The van der Waals surface area contributed by atoms with E-state index in [4.69, 9.17) is 0 Å². The van der Waals surface area contributed by atoms with Gasteiger partial charge in [0.1, 0.15) is 0 Å². The maximum Gasteiger partial charge on any atom is 0.254 e. The van der Waals surface area contributed by atoms with Crippen LogP contribution in [0.1, 0.15) is 21.5 Å². The molecule has 1 aliphatic heterocycles. The number of benzene rings is 2. The van der Waals surface area contributed by atoms with E-state index in [0.29, 0.717) is 17.9 Å². The largest absolute Gasteiger partial charge is 0.334 e. The molecule has 0 spiro atoms. The third-order valence-corrected chi connectivity index (χ3v) is 4.41. The van der Waals surface area contributed by atoms with Crippen molar-refractivity contribution < 1.29 is 4.79 Å². The molecular formula is C18H17N5O. The number of carbonyl (C=O) groups is 1. The lowest BCUT2D eigenvalue weighted by Gasteiger charge is -2.29. The van der Waals surface area contributed by atoms with Gasteiger partial charge in [0.2, 0.25) is 0 Å². The molecule has 0 saturated carbocycles. The number of tetrazole rings is 1. The quantitative estimate of drug-likeness (QED) is 0.725. The van der Waals surface area contributed by atoms with Crippen molar-refractivity contribution in [3.05, 3.63) is 65.2 Å². The second-order valence-electron chi connectivity index (χ2n) is 5.95. The molecule has 0 unspecified atom stereocenters. The van der Waals surface area contributed by atoms with E-state index in [1.165, 1.54) is 11.1 Å². The Bertz CT molecular complexity index is 902. The fourth-order valence-electron chi connectivity index (χ4n) is 3.12. The summed E-state index contributed by atoms with van der Waals surface area (Å²) in [6, 6.07) is 15.8. The number of aryl methyl sites for hydroxylation is 1. The molecule has 120 valence electrons. The van der Waals surface area contributed by atoms with Gasteiger partial charge in [-0.05, 0) is 40.1 Å². The van der Waals surface area contributed by atoms with Gasteiger partial charge in [0.25, 0.3) is 5.91 Å². The van der Waals surface area contributed by atoms with Crippen LogP contribution in [-0.4, -0.2) is 37.6 Å². The zero-order chi connectivity index (χ0) is 16.5. The minimum atomic E-state index is 0.0430. The minimum Gasteiger partial charge on any atom is -0.334 e. The third kappa shape index (κ3) is 2.56. The normalized spacial score (nSPS) is 13.6. The first-order valence-corrected chi connectivity index (χ1v) is 7.91. The standard InChI is InChI=1S/C18H17N5O/c1-22-17(19-20-21-22)14-7-4-8-15(11-14)18(24)23-10-9-13-5-2-3-6-16(13)12-23/h2-8,11H,9-10,12H2,1H3. The molecular weight excluding hydrogens is 302 g/mol. The third-order valence-electron chi connectivity index (χ3n) is 4.41. The molecule has 6 nitrogen and oxygen atoms in total. The van der Waals surface area contributed by atoms with Crippen LogP contribution in [0.5, 0.6) is 0 Å². The summed E-state index contributed by atoms with van der Waals surface area (Å²) in [5, 5.41) is 11.5. The first kappa shape index (κ1) is 14.6. The van der Waals surface area contributed by atoms with Crippen molar-refractivity contribution in [2.24, 2.45) is 7.05 Å². The van der Waals surface area contributed by atoms with Crippen molar-refractivity contribution in [2.75, 3.05) is 6.54 Å². The van der Waals surface area contributed by atoms with Crippen LogP contribution < -0.4 is 0 Å². The topological polar surface area (TPSA) is 63.9 Å². The van der Waals surface area contributed by atoms with Gasteiger partial charge >= 0.3 is 0 Å². The molecule has 24 heavy (non-hydrogen) atoms. The Balaban J connectivity index is 1.61. The van der Waals surface area contributed by atoms with Gasteiger partial charge in [-0.15, -0.1) is 5.10 Å². The molecule has 2 heterocycles. The smallest absolute Gasteiger partial charge is 0.254 e. The molecule has 3 aromatic rings. The van der Waals surface area contributed by atoms with Gasteiger partial charge < -0.3 is 4.90 Å². The summed E-state index contributed by atoms with van der Waals surface area (Å²) in [6.07, 6.45) is 0.898. The van der Waals surface area contributed by atoms with E-state index in [1.807, 2.05) is 35.2 Å². The van der Waals surface area contributed by atoms with Crippen LogP contribution in [0.3, 0.4) is 0 Å². The predicted molar refractivity (Wildman–Crippen MR) is 89.1 cm³/mol. The van der Waals surface area contributed by atoms with E-state index in [-0.39, 0.29) is 5.91 Å². The van der Waals surface area contributed by atoms with Gasteiger partial charge in [-0.25, -0.2) is 4.68 Å². The molecule has 0 radical (unpaired) electrons. The Morgan fingerprint density at radius 1 is 1.08 bits per heavy atom. The van der Waals surface area contributed by atoms with Crippen LogP contribution >= 0.6 is 0 Å². The number of fused-ring (bicyclic) bond motifs is 1. The van der Waals surface area contributed by atoms with Gasteiger partial charge in [0, 0.05) is 31.3 Å². The lowest BCUT2D eigenvalue weighted by atomic mass is 9.99. The highest BCUT2D eigenvalue weighted by atomic mass is 16.2. The van der Waals surface area contributed by atoms with Crippen LogP contribution in [0.4, 0.5) is 0 Å². The average Bonchev–Trinajstić information content (AvgIpc) is 3.07. The molecule has 0 N–H and O–H groups in total. The van der Waals surface area contributed by atoms with E-state index in [9.17, 15) is 4.79 Å². The number of hydrogen-bond donors (Lipinski definition) is 0. The number of rotatable bonds is 2. The maximum absolute atomic E-state index is 12.9. The summed E-state index contributed by atoms with van der Waals surface area (Å²) in [6.45, 7) is 1.40. The van der Waals surface area contributed by atoms with E-state index < -0.39 is 0 Å². The second-order valence-corrected chi connectivity index (χ2v) is 5.95. The van der Waals surface area contributed by atoms with Crippen LogP contribution in [0.15, 0.2) is 48.5 Å². The summed E-state index contributed by atoms with van der Waals surface area (Å²) in [5.74, 6) is 0.690. The summed E-state index contributed by atoms with van der Waals surface area (Å²) in [5.41, 5.74) is 4.06. The van der Waals surface area contributed by atoms with Gasteiger partial charge in [-0.2, -0.15) is 0 Å². The molecule has 4 rings (SSSR count). The molecule has 2 aromatic carbocycles. The number of aromatic nitrogens is 4. The van der Waals surface area contributed by atoms with Crippen molar-refractivity contribution in [1.82, 2.24) is 25.1 Å². The van der Waals surface area contributed by atoms with Gasteiger partial charge in [-0.3, -0.25) is 4.79 Å². The first-order valence-electron chi connectivity index (χ1n) is 7.91. The molecule has 0 fully saturated rings. The molecule has 1 amide bonds. The predicted octanol–water partition coefficient (Wildman–Crippen LogP) is 2.08. The lowest BCUT2D eigenvalue weighted by Crippen LogP contribution is -2.35. The van der Waals surface area contributed by atoms with Crippen molar-refractivity contribution >= 4 is 5.91 Å². The molecule has 0 aliphatic carbocycles. The highest BCUT2D eigenvalue weighted by Gasteiger charge is 2.22.